The van der Waals surface area contributed by atoms with Gasteiger partial charge in [-0.05, 0) is 44.9 Å². The van der Waals surface area contributed by atoms with Crippen LogP contribution in [0.2, 0.25) is 0 Å². The van der Waals surface area contributed by atoms with E-state index in [0.29, 0.717) is 0 Å². The van der Waals surface area contributed by atoms with Crippen molar-refractivity contribution in [2.75, 3.05) is 0 Å². The largest absolute Gasteiger partial charge is 0.369 e. The minimum atomic E-state index is -0.382. The third-order valence-corrected chi connectivity index (χ3v) is 4.06. The van der Waals surface area contributed by atoms with Crippen molar-refractivity contribution < 1.29 is 9.59 Å². The first-order chi connectivity index (χ1) is 9.42. The van der Waals surface area contributed by atoms with Crippen LogP contribution in [0.15, 0.2) is 0 Å². The van der Waals surface area contributed by atoms with Crippen LogP contribution in [0.3, 0.4) is 0 Å². The van der Waals surface area contributed by atoms with Crippen molar-refractivity contribution in [1.82, 2.24) is 5.32 Å². The van der Waals surface area contributed by atoms with Crippen molar-refractivity contribution in [3.8, 4) is 0 Å². The van der Waals surface area contributed by atoms with Gasteiger partial charge in [-0.2, -0.15) is 0 Å². The lowest BCUT2D eigenvalue weighted by Gasteiger charge is -2.36. The molecule has 2 amide bonds. The van der Waals surface area contributed by atoms with Crippen LogP contribution in [0, 0.1) is 23.2 Å². The van der Waals surface area contributed by atoms with Gasteiger partial charge in [0.05, 0.1) is 5.92 Å². The molecule has 1 aliphatic carbocycles. The second kappa shape index (κ2) is 6.37. The molecule has 0 bridgehead atoms. The van der Waals surface area contributed by atoms with E-state index in [1.807, 2.05) is 41.5 Å². The van der Waals surface area contributed by atoms with Gasteiger partial charge < -0.3 is 11.1 Å². The van der Waals surface area contributed by atoms with E-state index < -0.39 is 0 Å². The smallest absolute Gasteiger partial charge is 0.224 e. The summed E-state index contributed by atoms with van der Waals surface area (Å²) in [5.41, 5.74) is 5.02. The molecule has 21 heavy (non-hydrogen) atoms. The van der Waals surface area contributed by atoms with Crippen LogP contribution in [0.25, 0.3) is 0 Å². The number of carbonyl (C=O) groups is 2. The van der Waals surface area contributed by atoms with E-state index in [0.717, 1.165) is 18.8 Å². The van der Waals surface area contributed by atoms with Crippen molar-refractivity contribution in [3.63, 3.8) is 0 Å². The lowest BCUT2D eigenvalue weighted by Crippen LogP contribution is -2.51. The summed E-state index contributed by atoms with van der Waals surface area (Å²) >= 11 is 0. The highest BCUT2D eigenvalue weighted by atomic mass is 16.2. The Morgan fingerprint density at radius 2 is 1.67 bits per heavy atom. The fraction of sp³-hybridized carbons (Fsp3) is 0.882. The van der Waals surface area contributed by atoms with Gasteiger partial charge in [-0.15, -0.1) is 0 Å². The quantitative estimate of drug-likeness (QED) is 0.791. The van der Waals surface area contributed by atoms with Crippen LogP contribution >= 0.6 is 0 Å². The van der Waals surface area contributed by atoms with Crippen LogP contribution < -0.4 is 11.1 Å². The second-order valence-electron chi connectivity index (χ2n) is 8.61. The Morgan fingerprint density at radius 1 is 1.14 bits per heavy atom. The topological polar surface area (TPSA) is 72.2 Å². The SMILES string of the molecule is CC(C)(C)NC(=O)[C@@H]([C@H](CCC1CC1)C(N)=O)C(C)(C)C. The van der Waals surface area contributed by atoms with E-state index in [1.54, 1.807) is 0 Å². The first-order valence-corrected chi connectivity index (χ1v) is 8.03. The molecule has 0 aromatic rings. The molecule has 1 rings (SSSR count). The minimum Gasteiger partial charge on any atom is -0.369 e. The summed E-state index contributed by atoms with van der Waals surface area (Å²) in [7, 11) is 0. The van der Waals surface area contributed by atoms with Gasteiger partial charge in [-0.1, -0.05) is 33.6 Å². The summed E-state index contributed by atoms with van der Waals surface area (Å²) in [4.78, 5) is 24.6. The van der Waals surface area contributed by atoms with Gasteiger partial charge >= 0.3 is 0 Å². The van der Waals surface area contributed by atoms with Crippen LogP contribution in [-0.2, 0) is 9.59 Å². The Balaban J connectivity index is 2.90. The number of rotatable bonds is 6. The zero-order valence-corrected chi connectivity index (χ0v) is 14.5. The van der Waals surface area contributed by atoms with Gasteiger partial charge in [0.2, 0.25) is 11.8 Å². The highest BCUT2D eigenvalue weighted by Gasteiger charge is 2.42. The minimum absolute atomic E-state index is 0.0606. The lowest BCUT2D eigenvalue weighted by molar-refractivity contribution is -0.139. The average Bonchev–Trinajstić information content (AvgIpc) is 3.02. The summed E-state index contributed by atoms with van der Waals surface area (Å²) in [6.45, 7) is 11.9. The zero-order valence-electron chi connectivity index (χ0n) is 14.5. The molecule has 2 atom stereocenters. The molecule has 1 aliphatic rings. The van der Waals surface area contributed by atoms with Gasteiger partial charge in [-0.3, -0.25) is 9.59 Å². The maximum atomic E-state index is 12.7. The maximum Gasteiger partial charge on any atom is 0.224 e. The Morgan fingerprint density at radius 3 is 2.00 bits per heavy atom. The monoisotopic (exact) mass is 296 g/mol. The molecule has 1 saturated carbocycles. The third kappa shape index (κ3) is 6.06. The lowest BCUT2D eigenvalue weighted by atomic mass is 9.70. The number of hydrogen-bond acceptors (Lipinski definition) is 2. The van der Waals surface area contributed by atoms with Crippen LogP contribution in [0.5, 0.6) is 0 Å². The van der Waals surface area contributed by atoms with Crippen LogP contribution in [-0.4, -0.2) is 17.4 Å². The molecule has 0 unspecified atom stereocenters. The standard InChI is InChI=1S/C17H32N2O2/c1-16(2,3)13(15(21)19-17(4,5)6)12(14(18)20)10-9-11-7-8-11/h11-13H,7-10H2,1-6H3,(H2,18,20)(H,19,21)/t12-,13+/m0/s1. The molecule has 3 N–H and O–H groups in total. The fourth-order valence-corrected chi connectivity index (χ4v) is 2.92. The first kappa shape index (κ1) is 18.0. The van der Waals surface area contributed by atoms with Crippen molar-refractivity contribution in [1.29, 1.82) is 0 Å². The second-order valence-corrected chi connectivity index (χ2v) is 8.61. The molecular formula is C17H32N2O2. The molecule has 4 heteroatoms. The summed E-state index contributed by atoms with van der Waals surface area (Å²) in [6, 6.07) is 0. The normalized spacial score (nSPS) is 19.0. The van der Waals surface area contributed by atoms with E-state index in [1.165, 1.54) is 12.8 Å². The van der Waals surface area contributed by atoms with E-state index in [9.17, 15) is 9.59 Å². The number of nitrogens with one attached hydrogen (secondary N) is 1. The number of carbonyl (C=O) groups excluding carboxylic acids is 2. The van der Waals surface area contributed by atoms with E-state index in [-0.39, 0.29) is 34.6 Å². The van der Waals surface area contributed by atoms with Crippen molar-refractivity contribution in [2.24, 2.45) is 28.9 Å². The average molecular weight is 296 g/mol. The molecule has 0 aromatic carbocycles. The molecule has 0 saturated heterocycles. The number of hydrogen-bond donors (Lipinski definition) is 2. The molecule has 0 heterocycles. The van der Waals surface area contributed by atoms with Crippen molar-refractivity contribution in [3.05, 3.63) is 0 Å². The number of nitrogens with two attached hydrogens (primary N) is 1. The van der Waals surface area contributed by atoms with E-state index in [4.69, 9.17) is 5.73 Å². The molecule has 0 aliphatic heterocycles. The summed E-state index contributed by atoms with van der Waals surface area (Å²) in [6.07, 6.45) is 4.22. The Bertz CT molecular complexity index is 387. The van der Waals surface area contributed by atoms with Gasteiger partial charge in [0.15, 0.2) is 0 Å². The zero-order chi connectivity index (χ0) is 16.4. The van der Waals surface area contributed by atoms with Gasteiger partial charge in [-0.25, -0.2) is 0 Å². The van der Waals surface area contributed by atoms with Crippen LogP contribution in [0.4, 0.5) is 0 Å². The van der Waals surface area contributed by atoms with Gasteiger partial charge in [0.25, 0.3) is 0 Å². The van der Waals surface area contributed by atoms with Gasteiger partial charge in [0, 0.05) is 11.5 Å². The molecular weight excluding hydrogens is 264 g/mol. The Labute approximate surface area is 129 Å². The summed E-state index contributed by atoms with van der Waals surface area (Å²) < 4.78 is 0. The third-order valence-electron chi connectivity index (χ3n) is 4.06. The predicted octanol–water partition coefficient (Wildman–Crippen LogP) is 2.86. The Kier molecular flexibility index (Phi) is 5.46. The van der Waals surface area contributed by atoms with Crippen LogP contribution in [0.1, 0.15) is 67.2 Å². The molecule has 0 spiro atoms. The molecule has 1 fully saturated rings. The highest BCUT2D eigenvalue weighted by molar-refractivity contribution is 5.87. The fourth-order valence-electron chi connectivity index (χ4n) is 2.92. The predicted molar refractivity (Wildman–Crippen MR) is 85.5 cm³/mol. The van der Waals surface area contributed by atoms with Crippen molar-refractivity contribution in [2.45, 2.75) is 72.8 Å². The summed E-state index contributed by atoms with van der Waals surface area (Å²) in [5.74, 6) is -0.437. The maximum absolute atomic E-state index is 12.7. The number of primary amides is 1. The van der Waals surface area contributed by atoms with E-state index in [2.05, 4.69) is 5.32 Å². The molecule has 0 radical (unpaired) electrons. The summed E-state index contributed by atoms with van der Waals surface area (Å²) in [5, 5.41) is 3.02. The molecule has 0 aromatic heterocycles. The van der Waals surface area contributed by atoms with Crippen molar-refractivity contribution >= 4 is 11.8 Å². The number of amides is 2. The highest BCUT2D eigenvalue weighted by Crippen LogP contribution is 2.39. The Hall–Kier alpha value is -1.06. The van der Waals surface area contributed by atoms with E-state index >= 15 is 0 Å². The molecule has 122 valence electrons. The first-order valence-electron chi connectivity index (χ1n) is 8.03. The molecule has 4 nitrogen and oxygen atoms in total. The van der Waals surface area contributed by atoms with Gasteiger partial charge in [0.1, 0.15) is 0 Å².